The van der Waals surface area contributed by atoms with Crippen LogP contribution in [0.4, 0.5) is 0 Å². The van der Waals surface area contributed by atoms with Gasteiger partial charge in [0.15, 0.2) is 0 Å². The van der Waals surface area contributed by atoms with Gasteiger partial charge in [0.2, 0.25) is 0 Å². The molecule has 2 aromatic carbocycles. The maximum absolute atomic E-state index is 11.5. The molecule has 0 unspecified atom stereocenters. The zero-order valence-corrected chi connectivity index (χ0v) is 10.2. The monoisotopic (exact) mass is 251 g/mol. The van der Waals surface area contributed by atoms with E-state index in [0.717, 1.165) is 22.2 Å². The van der Waals surface area contributed by atoms with E-state index in [-0.39, 0.29) is 5.91 Å². The predicted molar refractivity (Wildman–Crippen MR) is 75.4 cm³/mol. The number of fused-ring (bicyclic) bond motifs is 1. The van der Waals surface area contributed by atoms with Crippen molar-refractivity contribution in [3.63, 3.8) is 0 Å². The molecule has 0 radical (unpaired) electrons. The number of hydrogen-bond donors (Lipinski definition) is 3. The molecule has 0 fully saturated rings. The fourth-order valence-corrected chi connectivity index (χ4v) is 2.13. The third-order valence-corrected chi connectivity index (χ3v) is 3.10. The molecule has 3 rings (SSSR count). The number of hydrogen-bond acceptors (Lipinski definition) is 2. The van der Waals surface area contributed by atoms with Gasteiger partial charge in [0.1, 0.15) is 0 Å². The summed E-state index contributed by atoms with van der Waals surface area (Å²) in [6, 6.07) is 17.5. The summed E-state index contributed by atoms with van der Waals surface area (Å²) in [6.45, 7) is 0. The lowest BCUT2D eigenvalue weighted by Gasteiger charge is -1.98. The topological polar surface area (TPSA) is 70.9 Å². The molecular weight excluding hydrogens is 238 g/mol. The highest BCUT2D eigenvalue weighted by Gasteiger charge is 2.07. The third-order valence-electron chi connectivity index (χ3n) is 3.10. The van der Waals surface area contributed by atoms with Crippen LogP contribution in [0, 0.1) is 0 Å². The van der Waals surface area contributed by atoms with E-state index in [2.05, 4.69) is 10.4 Å². The predicted octanol–water partition coefficient (Wildman–Crippen LogP) is 2.44. The van der Waals surface area contributed by atoms with Crippen molar-refractivity contribution < 1.29 is 4.79 Å². The Morgan fingerprint density at radius 3 is 2.58 bits per heavy atom. The molecule has 0 bridgehead atoms. The maximum atomic E-state index is 11.5. The van der Waals surface area contributed by atoms with Crippen LogP contribution < -0.4 is 11.3 Å². The van der Waals surface area contributed by atoms with Crippen LogP contribution in [0.2, 0.25) is 0 Å². The van der Waals surface area contributed by atoms with Gasteiger partial charge in [-0.2, -0.15) is 0 Å². The third kappa shape index (κ3) is 2.09. The molecule has 0 spiro atoms. The Hall–Kier alpha value is -2.59. The highest BCUT2D eigenvalue weighted by molar-refractivity contribution is 5.98. The van der Waals surface area contributed by atoms with Crippen LogP contribution >= 0.6 is 0 Å². The Balaban J connectivity index is 2.09. The fraction of sp³-hybridized carbons (Fsp3) is 0. The Morgan fingerprint density at radius 2 is 1.84 bits per heavy atom. The molecule has 0 aliphatic carbocycles. The number of H-pyrrole nitrogens is 1. The summed E-state index contributed by atoms with van der Waals surface area (Å²) in [5, 5.41) is 0.986. The molecule has 4 heteroatoms. The Morgan fingerprint density at radius 1 is 1.05 bits per heavy atom. The largest absolute Gasteiger partial charge is 0.355 e. The molecule has 0 atom stereocenters. The van der Waals surface area contributed by atoms with Crippen molar-refractivity contribution in [2.24, 2.45) is 5.84 Å². The van der Waals surface area contributed by atoms with Gasteiger partial charge in [0.25, 0.3) is 5.91 Å². The molecule has 94 valence electrons. The molecule has 0 saturated heterocycles. The van der Waals surface area contributed by atoms with Gasteiger partial charge in [-0.1, -0.05) is 30.3 Å². The molecule has 4 N–H and O–H groups in total. The van der Waals surface area contributed by atoms with Gasteiger partial charge in [-0.15, -0.1) is 0 Å². The quantitative estimate of drug-likeness (QED) is 0.372. The molecule has 1 aromatic heterocycles. The molecular formula is C15H13N3O. The SMILES string of the molecule is NNC(=O)c1ccc2[nH]c(-c3ccccc3)cc2c1. The Bertz CT molecular complexity index is 731. The summed E-state index contributed by atoms with van der Waals surface area (Å²) in [6.07, 6.45) is 0. The van der Waals surface area contributed by atoms with E-state index < -0.39 is 0 Å². The number of carbonyl (C=O) groups is 1. The molecule has 19 heavy (non-hydrogen) atoms. The van der Waals surface area contributed by atoms with Crippen LogP contribution in [-0.4, -0.2) is 10.9 Å². The number of nitrogens with two attached hydrogens (primary N) is 1. The normalized spacial score (nSPS) is 10.6. The van der Waals surface area contributed by atoms with Gasteiger partial charge < -0.3 is 4.98 Å². The maximum Gasteiger partial charge on any atom is 0.265 e. The molecule has 1 heterocycles. The van der Waals surface area contributed by atoms with Crippen molar-refractivity contribution in [1.82, 2.24) is 10.4 Å². The highest BCUT2D eigenvalue weighted by atomic mass is 16.2. The summed E-state index contributed by atoms with van der Waals surface area (Å²) in [5.41, 5.74) is 5.82. The number of nitrogen functional groups attached to an aromatic ring is 1. The van der Waals surface area contributed by atoms with Crippen LogP contribution in [0.5, 0.6) is 0 Å². The molecule has 0 aliphatic heterocycles. The van der Waals surface area contributed by atoms with Crippen LogP contribution in [0.15, 0.2) is 54.6 Å². The van der Waals surface area contributed by atoms with Gasteiger partial charge in [-0.05, 0) is 29.8 Å². The summed E-state index contributed by atoms with van der Waals surface area (Å²) in [5.74, 6) is 4.85. The molecule has 0 aliphatic rings. The summed E-state index contributed by atoms with van der Waals surface area (Å²) in [4.78, 5) is 14.8. The van der Waals surface area contributed by atoms with Crippen LogP contribution in [0.1, 0.15) is 10.4 Å². The van der Waals surface area contributed by atoms with E-state index in [1.54, 1.807) is 6.07 Å². The van der Waals surface area contributed by atoms with Crippen molar-refractivity contribution in [2.75, 3.05) is 0 Å². The molecule has 1 amide bonds. The van der Waals surface area contributed by atoms with Crippen molar-refractivity contribution in [3.8, 4) is 11.3 Å². The highest BCUT2D eigenvalue weighted by Crippen LogP contribution is 2.24. The second-order valence-corrected chi connectivity index (χ2v) is 4.32. The van der Waals surface area contributed by atoms with Crippen molar-refractivity contribution >= 4 is 16.8 Å². The van der Waals surface area contributed by atoms with E-state index in [0.29, 0.717) is 5.56 Å². The first-order valence-electron chi connectivity index (χ1n) is 5.97. The van der Waals surface area contributed by atoms with Crippen molar-refractivity contribution in [1.29, 1.82) is 0 Å². The van der Waals surface area contributed by atoms with Crippen molar-refractivity contribution in [3.05, 3.63) is 60.2 Å². The zero-order chi connectivity index (χ0) is 13.2. The lowest BCUT2D eigenvalue weighted by molar-refractivity contribution is 0.0954. The Kier molecular flexibility index (Phi) is 2.78. The number of aromatic amines is 1. The van der Waals surface area contributed by atoms with E-state index >= 15 is 0 Å². The smallest absolute Gasteiger partial charge is 0.265 e. The van der Waals surface area contributed by atoms with Gasteiger partial charge in [-0.3, -0.25) is 10.2 Å². The second-order valence-electron chi connectivity index (χ2n) is 4.32. The first-order valence-corrected chi connectivity index (χ1v) is 5.97. The minimum Gasteiger partial charge on any atom is -0.355 e. The van der Waals surface area contributed by atoms with Gasteiger partial charge in [-0.25, -0.2) is 5.84 Å². The van der Waals surface area contributed by atoms with Gasteiger partial charge >= 0.3 is 0 Å². The lowest BCUT2D eigenvalue weighted by atomic mass is 10.1. The van der Waals surface area contributed by atoms with Crippen LogP contribution in [-0.2, 0) is 0 Å². The minimum absolute atomic E-state index is 0.288. The number of nitrogens with one attached hydrogen (secondary N) is 2. The number of aromatic nitrogens is 1. The standard InChI is InChI=1S/C15H13N3O/c16-18-15(19)11-6-7-13-12(8-11)9-14(17-13)10-4-2-1-3-5-10/h1-9,17H,16H2,(H,18,19). The van der Waals surface area contributed by atoms with E-state index in [4.69, 9.17) is 5.84 Å². The number of hydrazine groups is 1. The van der Waals surface area contributed by atoms with Crippen LogP contribution in [0.25, 0.3) is 22.2 Å². The first-order chi connectivity index (χ1) is 9.28. The van der Waals surface area contributed by atoms with E-state index in [1.807, 2.05) is 48.5 Å². The molecule has 0 saturated carbocycles. The number of carbonyl (C=O) groups excluding carboxylic acids is 1. The average Bonchev–Trinajstić information content (AvgIpc) is 2.90. The summed E-state index contributed by atoms with van der Waals surface area (Å²) >= 11 is 0. The summed E-state index contributed by atoms with van der Waals surface area (Å²) in [7, 11) is 0. The number of amides is 1. The fourth-order valence-electron chi connectivity index (χ4n) is 2.13. The van der Waals surface area contributed by atoms with Crippen molar-refractivity contribution in [2.45, 2.75) is 0 Å². The minimum atomic E-state index is -0.288. The van der Waals surface area contributed by atoms with Gasteiger partial charge in [0, 0.05) is 22.2 Å². The average molecular weight is 251 g/mol. The zero-order valence-electron chi connectivity index (χ0n) is 10.2. The summed E-state index contributed by atoms with van der Waals surface area (Å²) < 4.78 is 0. The number of rotatable bonds is 2. The van der Waals surface area contributed by atoms with Crippen LogP contribution in [0.3, 0.4) is 0 Å². The van der Waals surface area contributed by atoms with Gasteiger partial charge in [0.05, 0.1) is 0 Å². The molecule has 3 aromatic rings. The Labute approximate surface area is 110 Å². The lowest BCUT2D eigenvalue weighted by Crippen LogP contribution is -2.29. The van der Waals surface area contributed by atoms with E-state index in [9.17, 15) is 4.79 Å². The van der Waals surface area contributed by atoms with E-state index in [1.165, 1.54) is 0 Å². The number of benzene rings is 2. The first kappa shape index (κ1) is 11.5. The second kappa shape index (κ2) is 4.59. The molecule has 4 nitrogen and oxygen atoms in total.